The van der Waals surface area contributed by atoms with Crippen molar-refractivity contribution >= 4 is 23.4 Å². The summed E-state index contributed by atoms with van der Waals surface area (Å²) in [6.45, 7) is 5.24. The molecule has 0 spiro atoms. The third-order valence-electron chi connectivity index (χ3n) is 4.28. The van der Waals surface area contributed by atoms with Gasteiger partial charge in [0.05, 0.1) is 23.4 Å². The van der Waals surface area contributed by atoms with Crippen LogP contribution in [0.3, 0.4) is 0 Å². The second-order valence-electron chi connectivity index (χ2n) is 6.64. The van der Waals surface area contributed by atoms with Gasteiger partial charge in [-0.25, -0.2) is 0 Å². The van der Waals surface area contributed by atoms with Crippen LogP contribution in [-0.2, 0) is 4.79 Å². The number of benzene rings is 2. The monoisotopic (exact) mass is 411 g/mol. The number of para-hydroxylation sites is 2. The Morgan fingerprint density at radius 3 is 2.20 bits per heavy atom. The lowest BCUT2D eigenvalue weighted by molar-refractivity contribution is -0.116. The summed E-state index contributed by atoms with van der Waals surface area (Å²) in [7, 11) is 0. The van der Waals surface area contributed by atoms with Gasteiger partial charge >= 0.3 is 0 Å². The quantitative estimate of drug-likeness (QED) is 0.494. The van der Waals surface area contributed by atoms with E-state index in [4.69, 9.17) is 4.74 Å². The summed E-state index contributed by atoms with van der Waals surface area (Å²) in [4.78, 5) is 36.9. The summed E-state index contributed by atoms with van der Waals surface area (Å²) in [5.74, 6) is -0.131. The fraction of sp³-hybridized carbons (Fsp3) is 0.348. The highest BCUT2D eigenvalue weighted by atomic mass is 16.5. The Labute approximate surface area is 177 Å². The molecule has 0 fully saturated rings. The van der Waals surface area contributed by atoms with Gasteiger partial charge in [0.25, 0.3) is 11.8 Å². The molecule has 30 heavy (non-hydrogen) atoms. The van der Waals surface area contributed by atoms with Crippen LogP contribution in [0.25, 0.3) is 0 Å². The minimum atomic E-state index is -0.239. The van der Waals surface area contributed by atoms with E-state index in [1.165, 1.54) is 0 Å². The minimum Gasteiger partial charge on any atom is -0.493 e. The smallest absolute Gasteiger partial charge is 0.255 e. The Hall–Kier alpha value is -3.35. The molecule has 2 aromatic carbocycles. The van der Waals surface area contributed by atoms with E-state index < -0.39 is 0 Å². The number of hydrogen-bond acceptors (Lipinski definition) is 4. The van der Waals surface area contributed by atoms with Crippen molar-refractivity contribution < 1.29 is 19.1 Å². The van der Waals surface area contributed by atoms with Crippen LogP contribution in [0.1, 0.15) is 53.8 Å². The van der Waals surface area contributed by atoms with Crippen molar-refractivity contribution in [3.05, 3.63) is 59.7 Å². The van der Waals surface area contributed by atoms with E-state index in [9.17, 15) is 14.4 Å². The van der Waals surface area contributed by atoms with E-state index >= 15 is 0 Å². The second-order valence-corrected chi connectivity index (χ2v) is 6.64. The summed E-state index contributed by atoms with van der Waals surface area (Å²) in [6.07, 6.45) is 1.53. The van der Waals surface area contributed by atoms with Crippen LogP contribution in [0.5, 0.6) is 5.75 Å². The Morgan fingerprint density at radius 1 is 0.833 bits per heavy atom. The number of amides is 3. The summed E-state index contributed by atoms with van der Waals surface area (Å²) in [6, 6.07) is 13.9. The summed E-state index contributed by atoms with van der Waals surface area (Å²) in [5, 5.41) is 8.40. The van der Waals surface area contributed by atoms with Crippen molar-refractivity contribution in [3.8, 4) is 5.75 Å². The van der Waals surface area contributed by atoms with Crippen LogP contribution in [-0.4, -0.2) is 37.4 Å². The molecule has 160 valence electrons. The van der Waals surface area contributed by atoms with Gasteiger partial charge in [-0.2, -0.15) is 0 Å². The molecule has 0 unspecified atom stereocenters. The van der Waals surface area contributed by atoms with Gasteiger partial charge in [-0.15, -0.1) is 0 Å². The van der Waals surface area contributed by atoms with Crippen LogP contribution in [0.2, 0.25) is 0 Å². The first kappa shape index (κ1) is 22.9. The Bertz CT molecular complexity index is 867. The highest BCUT2D eigenvalue weighted by molar-refractivity contribution is 6.03. The number of carbonyl (C=O) groups excluding carboxylic acids is 3. The van der Waals surface area contributed by atoms with E-state index in [-0.39, 0.29) is 24.1 Å². The third kappa shape index (κ3) is 6.92. The Balaban J connectivity index is 1.82. The molecule has 7 nitrogen and oxygen atoms in total. The molecule has 0 aliphatic rings. The molecule has 0 aliphatic heterocycles. The molecule has 7 heteroatoms. The topological polar surface area (TPSA) is 96.5 Å². The van der Waals surface area contributed by atoms with E-state index in [2.05, 4.69) is 16.0 Å². The number of ether oxygens (including phenoxy) is 1. The van der Waals surface area contributed by atoms with Gasteiger partial charge < -0.3 is 20.7 Å². The van der Waals surface area contributed by atoms with Gasteiger partial charge in [-0.3, -0.25) is 14.4 Å². The molecule has 0 saturated heterocycles. The van der Waals surface area contributed by atoms with Crippen molar-refractivity contribution in [2.45, 2.75) is 33.1 Å². The normalized spacial score (nSPS) is 10.2. The zero-order valence-electron chi connectivity index (χ0n) is 17.5. The van der Waals surface area contributed by atoms with E-state index in [1.807, 2.05) is 19.9 Å². The lowest BCUT2D eigenvalue weighted by Gasteiger charge is -2.12. The van der Waals surface area contributed by atoms with E-state index in [1.54, 1.807) is 42.5 Å². The van der Waals surface area contributed by atoms with Crippen molar-refractivity contribution in [3.63, 3.8) is 0 Å². The van der Waals surface area contributed by atoms with Crippen molar-refractivity contribution in [1.29, 1.82) is 0 Å². The predicted molar refractivity (Wildman–Crippen MR) is 117 cm³/mol. The van der Waals surface area contributed by atoms with Gasteiger partial charge in [0.2, 0.25) is 5.91 Å². The van der Waals surface area contributed by atoms with Crippen molar-refractivity contribution in [1.82, 2.24) is 10.6 Å². The number of carbonyl (C=O) groups is 3. The first-order chi connectivity index (χ1) is 14.6. The van der Waals surface area contributed by atoms with Crippen LogP contribution in [0, 0.1) is 0 Å². The fourth-order valence-electron chi connectivity index (χ4n) is 2.82. The average Bonchev–Trinajstić information content (AvgIpc) is 2.76. The number of hydrogen-bond donors (Lipinski definition) is 3. The van der Waals surface area contributed by atoms with Crippen molar-refractivity contribution in [2.75, 3.05) is 25.0 Å². The molecular weight excluding hydrogens is 382 g/mol. The van der Waals surface area contributed by atoms with Gasteiger partial charge in [-0.05, 0) is 44.0 Å². The summed E-state index contributed by atoms with van der Waals surface area (Å²) >= 11 is 0. The molecule has 3 N–H and O–H groups in total. The molecular formula is C23H29N3O4. The second kappa shape index (κ2) is 12.3. The molecule has 2 aromatic rings. The molecule has 0 bridgehead atoms. The predicted octanol–water partition coefficient (Wildman–Crippen LogP) is 3.37. The van der Waals surface area contributed by atoms with Crippen LogP contribution in [0.4, 0.5) is 5.69 Å². The van der Waals surface area contributed by atoms with Crippen LogP contribution in [0.15, 0.2) is 48.5 Å². The van der Waals surface area contributed by atoms with Gasteiger partial charge in [0.15, 0.2) is 0 Å². The molecule has 0 saturated carbocycles. The standard InChI is InChI=1S/C23H29N3O4/c1-3-15-24-22(28)17-10-5-7-12-19(17)26-21(27)14-9-16-25-23(29)18-11-6-8-13-20(18)30-4-2/h5-8,10-13H,3-4,9,14-16H2,1-2H3,(H,24,28)(H,25,29)(H,26,27). The van der Waals surface area contributed by atoms with Crippen LogP contribution < -0.4 is 20.7 Å². The molecule has 0 heterocycles. The number of rotatable bonds is 11. The van der Waals surface area contributed by atoms with Crippen molar-refractivity contribution in [2.24, 2.45) is 0 Å². The highest BCUT2D eigenvalue weighted by Gasteiger charge is 2.14. The molecule has 0 aromatic heterocycles. The maximum absolute atomic E-state index is 12.3. The summed E-state index contributed by atoms with van der Waals surface area (Å²) in [5.41, 5.74) is 1.38. The molecule has 0 aliphatic carbocycles. The molecule has 2 rings (SSSR count). The van der Waals surface area contributed by atoms with Gasteiger partial charge in [0.1, 0.15) is 5.75 Å². The minimum absolute atomic E-state index is 0.213. The van der Waals surface area contributed by atoms with E-state index in [0.29, 0.717) is 48.7 Å². The average molecular weight is 412 g/mol. The molecule has 0 radical (unpaired) electrons. The fourth-order valence-corrected chi connectivity index (χ4v) is 2.82. The maximum Gasteiger partial charge on any atom is 0.255 e. The third-order valence-corrected chi connectivity index (χ3v) is 4.28. The SMILES string of the molecule is CCCNC(=O)c1ccccc1NC(=O)CCCNC(=O)c1ccccc1OCC. The molecule has 3 amide bonds. The Morgan fingerprint density at radius 2 is 1.47 bits per heavy atom. The first-order valence-corrected chi connectivity index (χ1v) is 10.2. The van der Waals surface area contributed by atoms with Gasteiger partial charge in [-0.1, -0.05) is 31.2 Å². The first-order valence-electron chi connectivity index (χ1n) is 10.2. The van der Waals surface area contributed by atoms with Crippen LogP contribution >= 0.6 is 0 Å². The number of nitrogens with one attached hydrogen (secondary N) is 3. The highest BCUT2D eigenvalue weighted by Crippen LogP contribution is 2.18. The zero-order valence-corrected chi connectivity index (χ0v) is 17.5. The lowest BCUT2D eigenvalue weighted by Crippen LogP contribution is -2.27. The van der Waals surface area contributed by atoms with E-state index in [0.717, 1.165) is 6.42 Å². The maximum atomic E-state index is 12.3. The lowest BCUT2D eigenvalue weighted by atomic mass is 10.1. The largest absolute Gasteiger partial charge is 0.493 e. The molecule has 0 atom stereocenters. The summed E-state index contributed by atoms with van der Waals surface area (Å²) < 4.78 is 5.47. The Kier molecular flexibility index (Phi) is 9.37. The zero-order chi connectivity index (χ0) is 21.8. The van der Waals surface area contributed by atoms with Gasteiger partial charge in [0, 0.05) is 19.5 Å². The number of anilines is 1.